The standard InChI is InChI=1S/C11H15N3O4S/c1-6-9(19-5-13-6)2-12-11(17)14-8-4-18-3-7(8)10(15)16/h5,7-8H,2-4H2,1H3,(H,15,16)(H2,12,14,17). The minimum atomic E-state index is -0.957. The Morgan fingerprint density at radius 3 is 3.00 bits per heavy atom. The molecule has 2 unspecified atom stereocenters. The van der Waals surface area contributed by atoms with Crippen molar-refractivity contribution in [1.29, 1.82) is 0 Å². The number of hydrogen-bond donors (Lipinski definition) is 3. The number of aryl methyl sites for hydroxylation is 1. The third-order valence-electron chi connectivity index (χ3n) is 2.97. The number of thiazole rings is 1. The molecular formula is C11H15N3O4S. The van der Waals surface area contributed by atoms with E-state index < -0.39 is 24.0 Å². The number of rotatable bonds is 4. The zero-order valence-corrected chi connectivity index (χ0v) is 11.2. The van der Waals surface area contributed by atoms with Gasteiger partial charge in [0.15, 0.2) is 0 Å². The third-order valence-corrected chi connectivity index (χ3v) is 3.90. The first-order chi connectivity index (χ1) is 9.08. The summed E-state index contributed by atoms with van der Waals surface area (Å²) < 4.78 is 5.07. The normalized spacial score (nSPS) is 22.2. The number of carboxylic acid groups (broad SMARTS) is 1. The molecule has 0 spiro atoms. The predicted molar refractivity (Wildman–Crippen MR) is 68.0 cm³/mol. The molecule has 3 N–H and O–H groups in total. The fourth-order valence-electron chi connectivity index (χ4n) is 1.82. The predicted octanol–water partition coefficient (Wildman–Crippen LogP) is 0.350. The highest BCUT2D eigenvalue weighted by molar-refractivity contribution is 7.09. The molecule has 2 amide bonds. The van der Waals surface area contributed by atoms with Crippen LogP contribution < -0.4 is 10.6 Å². The van der Waals surface area contributed by atoms with E-state index in [0.717, 1.165) is 10.6 Å². The van der Waals surface area contributed by atoms with Crippen LogP contribution in [-0.4, -0.2) is 41.3 Å². The Bertz CT molecular complexity index is 476. The summed E-state index contributed by atoms with van der Waals surface area (Å²) in [5.74, 6) is -1.64. The molecule has 104 valence electrons. The zero-order chi connectivity index (χ0) is 13.8. The maximum Gasteiger partial charge on any atom is 0.315 e. The van der Waals surface area contributed by atoms with Gasteiger partial charge in [-0.25, -0.2) is 9.78 Å². The number of carboxylic acids is 1. The van der Waals surface area contributed by atoms with Crippen LogP contribution in [0.3, 0.4) is 0 Å². The van der Waals surface area contributed by atoms with Crippen LogP contribution >= 0.6 is 11.3 Å². The van der Waals surface area contributed by atoms with Gasteiger partial charge in [0.2, 0.25) is 0 Å². The lowest BCUT2D eigenvalue weighted by atomic mass is 10.0. The highest BCUT2D eigenvalue weighted by atomic mass is 32.1. The largest absolute Gasteiger partial charge is 0.481 e. The van der Waals surface area contributed by atoms with Crippen LogP contribution in [0.25, 0.3) is 0 Å². The quantitative estimate of drug-likeness (QED) is 0.741. The van der Waals surface area contributed by atoms with Gasteiger partial charge < -0.3 is 20.5 Å². The summed E-state index contributed by atoms with van der Waals surface area (Å²) in [6, 6.07) is -0.880. The number of aliphatic carboxylic acids is 1. The number of aromatic nitrogens is 1. The van der Waals surface area contributed by atoms with Crippen molar-refractivity contribution in [2.45, 2.75) is 19.5 Å². The second-order valence-electron chi connectivity index (χ2n) is 4.28. The van der Waals surface area contributed by atoms with Crippen LogP contribution in [-0.2, 0) is 16.1 Å². The van der Waals surface area contributed by atoms with Gasteiger partial charge in [-0.3, -0.25) is 4.79 Å². The van der Waals surface area contributed by atoms with Gasteiger partial charge in [-0.05, 0) is 6.92 Å². The molecule has 1 fully saturated rings. The topological polar surface area (TPSA) is 101 Å². The summed E-state index contributed by atoms with van der Waals surface area (Å²) in [5.41, 5.74) is 2.60. The lowest BCUT2D eigenvalue weighted by molar-refractivity contribution is -0.142. The molecule has 0 bridgehead atoms. The average molecular weight is 285 g/mol. The maximum atomic E-state index is 11.7. The van der Waals surface area contributed by atoms with E-state index in [2.05, 4.69) is 15.6 Å². The Morgan fingerprint density at radius 2 is 2.37 bits per heavy atom. The molecule has 1 saturated heterocycles. The van der Waals surface area contributed by atoms with Gasteiger partial charge in [0.05, 0.1) is 37.0 Å². The number of carbonyl (C=O) groups excluding carboxylic acids is 1. The first-order valence-electron chi connectivity index (χ1n) is 5.82. The van der Waals surface area contributed by atoms with E-state index >= 15 is 0 Å². The van der Waals surface area contributed by atoms with Gasteiger partial charge in [-0.2, -0.15) is 0 Å². The van der Waals surface area contributed by atoms with Crippen LogP contribution in [0.2, 0.25) is 0 Å². The minimum absolute atomic E-state index is 0.133. The molecule has 0 radical (unpaired) electrons. The summed E-state index contributed by atoms with van der Waals surface area (Å²) >= 11 is 1.47. The third kappa shape index (κ3) is 3.42. The molecule has 1 aromatic rings. The molecule has 19 heavy (non-hydrogen) atoms. The molecule has 1 aliphatic rings. The van der Waals surface area contributed by atoms with Crippen molar-refractivity contribution < 1.29 is 19.4 Å². The lowest BCUT2D eigenvalue weighted by Gasteiger charge is -2.16. The number of nitrogens with one attached hydrogen (secondary N) is 2. The number of nitrogens with zero attached hydrogens (tertiary/aromatic N) is 1. The van der Waals surface area contributed by atoms with Gasteiger partial charge in [0, 0.05) is 4.88 Å². The lowest BCUT2D eigenvalue weighted by Crippen LogP contribution is -2.46. The van der Waals surface area contributed by atoms with Crippen molar-refractivity contribution in [1.82, 2.24) is 15.6 Å². The Hall–Kier alpha value is -1.67. The number of urea groups is 1. The van der Waals surface area contributed by atoms with Gasteiger partial charge in [0.25, 0.3) is 0 Å². The summed E-state index contributed by atoms with van der Waals surface area (Å²) in [6.07, 6.45) is 0. The Labute approximate surface area is 114 Å². The van der Waals surface area contributed by atoms with E-state index in [4.69, 9.17) is 9.84 Å². The minimum Gasteiger partial charge on any atom is -0.481 e. The second kappa shape index (κ2) is 5.98. The first kappa shape index (κ1) is 13.8. The molecule has 1 aromatic heterocycles. The van der Waals surface area contributed by atoms with E-state index in [1.165, 1.54) is 11.3 Å². The van der Waals surface area contributed by atoms with Crippen LogP contribution in [0.4, 0.5) is 4.79 Å². The highest BCUT2D eigenvalue weighted by Crippen LogP contribution is 2.14. The molecule has 2 rings (SSSR count). The van der Waals surface area contributed by atoms with Crippen molar-refractivity contribution in [3.8, 4) is 0 Å². The van der Waals surface area contributed by atoms with Crippen molar-refractivity contribution >= 4 is 23.3 Å². The number of hydrogen-bond acceptors (Lipinski definition) is 5. The van der Waals surface area contributed by atoms with Crippen LogP contribution in [0.5, 0.6) is 0 Å². The summed E-state index contributed by atoms with van der Waals surface area (Å²) in [6.45, 7) is 2.61. The van der Waals surface area contributed by atoms with Crippen molar-refractivity contribution in [3.05, 3.63) is 16.1 Å². The van der Waals surface area contributed by atoms with Crippen molar-refractivity contribution in [2.75, 3.05) is 13.2 Å². The van der Waals surface area contributed by atoms with E-state index in [9.17, 15) is 9.59 Å². The molecule has 8 heteroatoms. The molecule has 1 aliphatic heterocycles. The van der Waals surface area contributed by atoms with Gasteiger partial charge in [-0.1, -0.05) is 0 Å². The Morgan fingerprint density at radius 1 is 1.58 bits per heavy atom. The molecule has 2 heterocycles. The van der Waals surface area contributed by atoms with Crippen LogP contribution in [0, 0.1) is 12.8 Å². The van der Waals surface area contributed by atoms with Crippen LogP contribution in [0.1, 0.15) is 10.6 Å². The summed E-state index contributed by atoms with van der Waals surface area (Å²) in [5, 5.41) is 14.3. The molecule has 7 nitrogen and oxygen atoms in total. The molecule has 0 aliphatic carbocycles. The average Bonchev–Trinajstić information content (AvgIpc) is 2.95. The van der Waals surface area contributed by atoms with Gasteiger partial charge >= 0.3 is 12.0 Å². The van der Waals surface area contributed by atoms with Crippen molar-refractivity contribution in [2.24, 2.45) is 5.92 Å². The Balaban J connectivity index is 1.81. The maximum absolute atomic E-state index is 11.7. The van der Waals surface area contributed by atoms with Crippen molar-refractivity contribution in [3.63, 3.8) is 0 Å². The van der Waals surface area contributed by atoms with E-state index in [0.29, 0.717) is 6.54 Å². The Kier molecular flexibility index (Phi) is 4.33. The smallest absolute Gasteiger partial charge is 0.315 e. The molecule has 0 aromatic carbocycles. The second-order valence-corrected chi connectivity index (χ2v) is 5.22. The van der Waals surface area contributed by atoms with Gasteiger partial charge in [-0.15, -0.1) is 11.3 Å². The first-order valence-corrected chi connectivity index (χ1v) is 6.69. The summed E-state index contributed by atoms with van der Waals surface area (Å²) in [7, 11) is 0. The molecular weight excluding hydrogens is 270 g/mol. The number of ether oxygens (including phenoxy) is 1. The summed E-state index contributed by atoms with van der Waals surface area (Å²) in [4.78, 5) is 27.7. The zero-order valence-electron chi connectivity index (χ0n) is 10.4. The molecule has 0 saturated carbocycles. The van der Waals surface area contributed by atoms with Crippen LogP contribution in [0.15, 0.2) is 5.51 Å². The fraction of sp³-hybridized carbons (Fsp3) is 0.545. The van der Waals surface area contributed by atoms with Gasteiger partial charge in [0.1, 0.15) is 5.92 Å². The highest BCUT2D eigenvalue weighted by Gasteiger charge is 2.34. The van der Waals surface area contributed by atoms with E-state index in [1.807, 2.05) is 6.92 Å². The molecule has 2 atom stereocenters. The van der Waals surface area contributed by atoms with E-state index in [1.54, 1.807) is 5.51 Å². The fourth-order valence-corrected chi connectivity index (χ4v) is 2.53. The SMILES string of the molecule is Cc1ncsc1CNC(=O)NC1COCC1C(=O)O. The monoisotopic (exact) mass is 285 g/mol. The number of amides is 2. The number of carbonyl (C=O) groups is 2. The van der Waals surface area contributed by atoms with E-state index in [-0.39, 0.29) is 13.2 Å².